The molecule has 1 unspecified atom stereocenters. The molecule has 1 aromatic rings. The van der Waals surface area contributed by atoms with Gasteiger partial charge in [-0.1, -0.05) is 25.2 Å². The second-order valence-electron chi connectivity index (χ2n) is 4.44. The summed E-state index contributed by atoms with van der Waals surface area (Å²) < 4.78 is 0. The Balaban J connectivity index is 2.11. The van der Waals surface area contributed by atoms with Crippen LogP contribution in [0.25, 0.3) is 0 Å². The molecule has 78 valence electrons. The molecule has 0 spiro atoms. The zero-order valence-electron chi connectivity index (χ0n) is 8.47. The number of piperidine rings is 1. The average molecular weight is 213 g/mol. The Bertz CT molecular complexity index is 299. The molecule has 1 aliphatic heterocycles. The Hall–Kier alpha value is -0.680. The molecule has 1 aromatic heterocycles. The number of anilines is 1. The molecule has 0 amide bonds. The van der Waals surface area contributed by atoms with E-state index >= 15 is 0 Å². The lowest BCUT2D eigenvalue weighted by Crippen LogP contribution is -2.48. The maximum Gasteiger partial charge on any atom is 0.208 e. The highest BCUT2D eigenvalue weighted by molar-refractivity contribution is 7.13. The second kappa shape index (κ2) is 3.47. The van der Waals surface area contributed by atoms with Crippen molar-refractivity contribution in [2.24, 2.45) is 5.41 Å². The first-order valence-electron chi connectivity index (χ1n) is 4.79. The quantitative estimate of drug-likeness (QED) is 0.760. The molecule has 4 nitrogen and oxygen atoms in total. The third-order valence-corrected chi connectivity index (χ3v) is 3.54. The summed E-state index contributed by atoms with van der Waals surface area (Å²) >= 11 is 1.55. The van der Waals surface area contributed by atoms with Crippen molar-refractivity contribution in [3.63, 3.8) is 0 Å². The van der Waals surface area contributed by atoms with Gasteiger partial charge in [0.15, 0.2) is 0 Å². The monoisotopic (exact) mass is 213 g/mol. The largest absolute Gasteiger partial charge is 0.392 e. The topological polar surface area (TPSA) is 49.2 Å². The van der Waals surface area contributed by atoms with E-state index in [0.29, 0.717) is 0 Å². The molecule has 14 heavy (non-hydrogen) atoms. The summed E-state index contributed by atoms with van der Waals surface area (Å²) in [5.41, 5.74) is 1.69. The highest BCUT2D eigenvalue weighted by Crippen LogP contribution is 2.32. The van der Waals surface area contributed by atoms with Gasteiger partial charge in [-0.15, -0.1) is 10.2 Å². The van der Waals surface area contributed by atoms with E-state index in [0.717, 1.165) is 24.6 Å². The van der Waals surface area contributed by atoms with Crippen LogP contribution >= 0.6 is 11.3 Å². The van der Waals surface area contributed by atoms with E-state index in [9.17, 15) is 5.11 Å². The molecule has 1 N–H and O–H groups in total. The lowest BCUT2D eigenvalue weighted by Gasteiger charge is -2.41. The van der Waals surface area contributed by atoms with Gasteiger partial charge in [-0.05, 0) is 6.42 Å². The maximum absolute atomic E-state index is 9.79. The minimum Gasteiger partial charge on any atom is -0.392 e. The van der Waals surface area contributed by atoms with Gasteiger partial charge in [0.05, 0.1) is 6.10 Å². The Morgan fingerprint density at radius 2 is 2.43 bits per heavy atom. The van der Waals surface area contributed by atoms with Crippen molar-refractivity contribution in [3.8, 4) is 0 Å². The van der Waals surface area contributed by atoms with Gasteiger partial charge in [-0.2, -0.15) is 0 Å². The number of rotatable bonds is 1. The summed E-state index contributed by atoms with van der Waals surface area (Å²) in [5, 5.41) is 18.6. The number of aromatic nitrogens is 2. The first-order valence-corrected chi connectivity index (χ1v) is 5.67. The van der Waals surface area contributed by atoms with Gasteiger partial charge in [-0.3, -0.25) is 0 Å². The SMILES string of the molecule is CC1(C)CN(c2nncs2)CCC1O. The van der Waals surface area contributed by atoms with Crippen molar-refractivity contribution in [3.05, 3.63) is 5.51 Å². The Morgan fingerprint density at radius 3 is 3.00 bits per heavy atom. The number of hydrogen-bond acceptors (Lipinski definition) is 5. The van der Waals surface area contributed by atoms with Crippen molar-refractivity contribution in [2.45, 2.75) is 26.4 Å². The fraction of sp³-hybridized carbons (Fsp3) is 0.778. The van der Waals surface area contributed by atoms with Gasteiger partial charge >= 0.3 is 0 Å². The van der Waals surface area contributed by atoms with Crippen LogP contribution in [0.15, 0.2) is 5.51 Å². The predicted octanol–water partition coefficient (Wildman–Crippen LogP) is 1.14. The molecule has 0 radical (unpaired) electrons. The van der Waals surface area contributed by atoms with Crippen LogP contribution in [0.4, 0.5) is 5.13 Å². The first-order chi connectivity index (χ1) is 6.59. The van der Waals surface area contributed by atoms with Crippen LogP contribution in [-0.2, 0) is 0 Å². The van der Waals surface area contributed by atoms with Crippen LogP contribution in [-0.4, -0.2) is 34.5 Å². The van der Waals surface area contributed by atoms with Crippen LogP contribution < -0.4 is 4.90 Å². The smallest absolute Gasteiger partial charge is 0.208 e. The molecule has 0 aromatic carbocycles. The summed E-state index contributed by atoms with van der Waals surface area (Å²) in [4.78, 5) is 2.20. The molecular weight excluding hydrogens is 198 g/mol. The molecule has 0 aliphatic carbocycles. The van der Waals surface area contributed by atoms with E-state index in [2.05, 4.69) is 28.9 Å². The molecular formula is C9H15N3OS. The van der Waals surface area contributed by atoms with Crippen molar-refractivity contribution in [1.29, 1.82) is 0 Å². The zero-order valence-corrected chi connectivity index (χ0v) is 9.29. The number of nitrogens with zero attached hydrogens (tertiary/aromatic N) is 3. The predicted molar refractivity (Wildman–Crippen MR) is 56.5 cm³/mol. The molecule has 1 fully saturated rings. The first kappa shape index (κ1) is 9.86. The summed E-state index contributed by atoms with van der Waals surface area (Å²) in [5.74, 6) is 0. The van der Waals surface area contributed by atoms with Crippen LogP contribution in [0, 0.1) is 5.41 Å². The van der Waals surface area contributed by atoms with E-state index in [1.807, 2.05) is 0 Å². The lowest BCUT2D eigenvalue weighted by atomic mass is 9.81. The summed E-state index contributed by atoms with van der Waals surface area (Å²) in [6, 6.07) is 0. The average Bonchev–Trinajstić information content (AvgIpc) is 2.62. The Morgan fingerprint density at radius 1 is 1.64 bits per heavy atom. The van der Waals surface area contributed by atoms with E-state index in [4.69, 9.17) is 0 Å². The van der Waals surface area contributed by atoms with Crippen molar-refractivity contribution in [1.82, 2.24) is 10.2 Å². The molecule has 2 rings (SSSR count). The molecule has 1 saturated heterocycles. The highest BCUT2D eigenvalue weighted by Gasteiger charge is 2.35. The van der Waals surface area contributed by atoms with Crippen LogP contribution in [0.3, 0.4) is 0 Å². The van der Waals surface area contributed by atoms with Crippen LogP contribution in [0.2, 0.25) is 0 Å². The Labute approximate surface area is 87.6 Å². The summed E-state index contributed by atoms with van der Waals surface area (Å²) in [7, 11) is 0. The van der Waals surface area contributed by atoms with Gasteiger partial charge < -0.3 is 10.0 Å². The van der Waals surface area contributed by atoms with E-state index in [1.165, 1.54) is 0 Å². The molecule has 1 aliphatic rings. The van der Waals surface area contributed by atoms with Gasteiger partial charge in [0.1, 0.15) is 5.51 Å². The number of aliphatic hydroxyl groups is 1. The molecule has 5 heteroatoms. The van der Waals surface area contributed by atoms with Crippen molar-refractivity contribution < 1.29 is 5.11 Å². The fourth-order valence-corrected chi connectivity index (χ4v) is 2.40. The zero-order chi connectivity index (χ0) is 10.2. The van der Waals surface area contributed by atoms with Crippen LogP contribution in [0.5, 0.6) is 0 Å². The van der Waals surface area contributed by atoms with Gasteiger partial charge in [0, 0.05) is 18.5 Å². The van der Waals surface area contributed by atoms with Gasteiger partial charge in [-0.25, -0.2) is 0 Å². The van der Waals surface area contributed by atoms with Gasteiger partial charge in [0.2, 0.25) is 5.13 Å². The summed E-state index contributed by atoms with van der Waals surface area (Å²) in [6.07, 6.45) is 0.610. The Kier molecular flexibility index (Phi) is 2.45. The molecule has 0 bridgehead atoms. The van der Waals surface area contributed by atoms with E-state index < -0.39 is 0 Å². The molecule has 2 heterocycles. The second-order valence-corrected chi connectivity index (χ2v) is 5.25. The lowest BCUT2D eigenvalue weighted by molar-refractivity contribution is 0.0336. The maximum atomic E-state index is 9.79. The minimum atomic E-state index is -0.202. The minimum absolute atomic E-state index is 0.0517. The van der Waals surface area contributed by atoms with Crippen LogP contribution in [0.1, 0.15) is 20.3 Å². The van der Waals surface area contributed by atoms with E-state index in [1.54, 1.807) is 16.8 Å². The molecule has 0 saturated carbocycles. The normalized spacial score (nSPS) is 26.5. The summed E-state index contributed by atoms with van der Waals surface area (Å²) in [6.45, 7) is 5.90. The molecule has 1 atom stereocenters. The van der Waals surface area contributed by atoms with Gasteiger partial charge in [0.25, 0.3) is 0 Å². The number of aliphatic hydroxyl groups excluding tert-OH is 1. The standard InChI is InChI=1S/C9H15N3OS/c1-9(2)5-12(4-3-7(9)13)8-11-10-6-14-8/h6-7,13H,3-5H2,1-2H3. The highest BCUT2D eigenvalue weighted by atomic mass is 32.1. The third kappa shape index (κ3) is 1.74. The van der Waals surface area contributed by atoms with Crippen molar-refractivity contribution in [2.75, 3.05) is 18.0 Å². The van der Waals surface area contributed by atoms with Crippen molar-refractivity contribution >= 4 is 16.5 Å². The third-order valence-electron chi connectivity index (χ3n) is 2.79. The van der Waals surface area contributed by atoms with E-state index in [-0.39, 0.29) is 11.5 Å². The number of hydrogen-bond donors (Lipinski definition) is 1. The fourth-order valence-electron chi connectivity index (χ4n) is 1.81.